The number of nitrogens with zero attached hydrogens (tertiary/aromatic N) is 2. The van der Waals surface area contributed by atoms with Crippen molar-refractivity contribution in [3.8, 4) is 5.88 Å². The van der Waals surface area contributed by atoms with Crippen LogP contribution < -0.4 is 4.74 Å². The normalized spacial score (nSPS) is 17.3. The molecule has 4 nitrogen and oxygen atoms in total. The van der Waals surface area contributed by atoms with E-state index in [-0.39, 0.29) is 17.0 Å². The van der Waals surface area contributed by atoms with Crippen molar-refractivity contribution in [2.75, 3.05) is 13.1 Å². The monoisotopic (exact) mass is 334 g/mol. The molecule has 0 spiro atoms. The first-order valence-corrected chi connectivity index (χ1v) is 7.75. The number of amides is 1. The van der Waals surface area contributed by atoms with Gasteiger partial charge in [-0.05, 0) is 31.2 Å². The number of hydrogen-bond donors (Lipinski definition) is 0. The lowest BCUT2D eigenvalue weighted by Gasteiger charge is -2.17. The van der Waals surface area contributed by atoms with Crippen molar-refractivity contribution in [3.63, 3.8) is 0 Å². The molecule has 6 heteroatoms. The molecule has 1 aliphatic rings. The second kappa shape index (κ2) is 6.54. The molecule has 0 N–H and O–H groups in total. The Morgan fingerprint density at radius 3 is 2.96 bits per heavy atom. The number of hydrogen-bond acceptors (Lipinski definition) is 3. The number of pyridine rings is 1. The lowest BCUT2D eigenvalue weighted by molar-refractivity contribution is 0.0771. The average molecular weight is 335 g/mol. The SMILES string of the molecule is Cc1cccc(OC2CCN(C(=O)c3ccc(F)cc3Cl)C2)n1. The second-order valence-corrected chi connectivity index (χ2v) is 5.93. The molecule has 0 saturated carbocycles. The number of aromatic nitrogens is 1. The Kier molecular flexibility index (Phi) is 4.48. The summed E-state index contributed by atoms with van der Waals surface area (Å²) in [5.74, 6) is -0.109. The van der Waals surface area contributed by atoms with Crippen LogP contribution >= 0.6 is 11.6 Å². The van der Waals surface area contributed by atoms with Gasteiger partial charge in [-0.2, -0.15) is 0 Å². The molecule has 2 heterocycles. The summed E-state index contributed by atoms with van der Waals surface area (Å²) in [5.41, 5.74) is 1.19. The summed E-state index contributed by atoms with van der Waals surface area (Å²) < 4.78 is 18.9. The number of aryl methyl sites for hydroxylation is 1. The molecular weight excluding hydrogens is 319 g/mol. The van der Waals surface area contributed by atoms with Gasteiger partial charge in [0.2, 0.25) is 5.88 Å². The lowest BCUT2D eigenvalue weighted by atomic mass is 10.2. The Bertz CT molecular complexity index is 738. The third-order valence-electron chi connectivity index (χ3n) is 3.74. The Hall–Kier alpha value is -2.14. The molecule has 3 rings (SSSR count). The molecule has 0 bridgehead atoms. The smallest absolute Gasteiger partial charge is 0.255 e. The molecule has 0 aliphatic carbocycles. The average Bonchev–Trinajstić information content (AvgIpc) is 2.95. The van der Waals surface area contributed by atoms with E-state index in [0.29, 0.717) is 24.5 Å². The van der Waals surface area contributed by atoms with E-state index < -0.39 is 5.82 Å². The minimum Gasteiger partial charge on any atom is -0.472 e. The minimum absolute atomic E-state index is 0.104. The van der Waals surface area contributed by atoms with E-state index in [2.05, 4.69) is 4.98 Å². The number of carbonyl (C=O) groups is 1. The predicted octanol–water partition coefficient (Wildman–Crippen LogP) is 3.48. The van der Waals surface area contributed by atoms with Crippen molar-refractivity contribution in [2.45, 2.75) is 19.4 Å². The highest BCUT2D eigenvalue weighted by atomic mass is 35.5. The maximum atomic E-state index is 13.1. The number of benzene rings is 1. The van der Waals surface area contributed by atoms with Gasteiger partial charge in [-0.3, -0.25) is 4.79 Å². The Balaban J connectivity index is 1.66. The molecule has 1 amide bonds. The fourth-order valence-corrected chi connectivity index (χ4v) is 2.84. The molecule has 0 radical (unpaired) electrons. The molecule has 2 aromatic rings. The second-order valence-electron chi connectivity index (χ2n) is 5.52. The summed E-state index contributed by atoms with van der Waals surface area (Å²) >= 11 is 5.96. The zero-order chi connectivity index (χ0) is 16.4. The summed E-state index contributed by atoms with van der Waals surface area (Å²) in [7, 11) is 0. The largest absolute Gasteiger partial charge is 0.472 e. The zero-order valence-corrected chi connectivity index (χ0v) is 13.4. The van der Waals surface area contributed by atoms with Gasteiger partial charge in [0.15, 0.2) is 0 Å². The van der Waals surface area contributed by atoms with E-state index in [4.69, 9.17) is 16.3 Å². The van der Waals surface area contributed by atoms with E-state index in [1.54, 1.807) is 11.0 Å². The predicted molar refractivity (Wildman–Crippen MR) is 85.3 cm³/mol. The lowest BCUT2D eigenvalue weighted by Crippen LogP contribution is -2.31. The molecule has 23 heavy (non-hydrogen) atoms. The van der Waals surface area contributed by atoms with Crippen LogP contribution in [0, 0.1) is 12.7 Å². The van der Waals surface area contributed by atoms with E-state index in [0.717, 1.165) is 18.2 Å². The first kappa shape index (κ1) is 15.7. The van der Waals surface area contributed by atoms with Crippen LogP contribution in [0.25, 0.3) is 0 Å². The maximum absolute atomic E-state index is 13.1. The van der Waals surface area contributed by atoms with Gasteiger partial charge in [0.25, 0.3) is 5.91 Å². The maximum Gasteiger partial charge on any atom is 0.255 e. The molecule has 1 aliphatic heterocycles. The van der Waals surface area contributed by atoms with E-state index in [9.17, 15) is 9.18 Å². The van der Waals surface area contributed by atoms with Gasteiger partial charge in [-0.1, -0.05) is 17.7 Å². The quantitative estimate of drug-likeness (QED) is 0.863. The van der Waals surface area contributed by atoms with Crippen molar-refractivity contribution in [1.29, 1.82) is 0 Å². The topological polar surface area (TPSA) is 42.4 Å². The van der Waals surface area contributed by atoms with Gasteiger partial charge < -0.3 is 9.64 Å². The van der Waals surface area contributed by atoms with Crippen molar-refractivity contribution in [2.24, 2.45) is 0 Å². The summed E-state index contributed by atoms with van der Waals surface area (Å²) in [6.07, 6.45) is 0.618. The van der Waals surface area contributed by atoms with Crippen LogP contribution in [0.4, 0.5) is 4.39 Å². The van der Waals surface area contributed by atoms with Crippen molar-refractivity contribution in [3.05, 3.63) is 58.5 Å². The Labute approximate surface area is 138 Å². The molecule has 1 saturated heterocycles. The van der Waals surface area contributed by atoms with Gasteiger partial charge in [0, 0.05) is 24.7 Å². The van der Waals surface area contributed by atoms with Crippen LogP contribution in [0.15, 0.2) is 36.4 Å². The third-order valence-corrected chi connectivity index (χ3v) is 4.06. The zero-order valence-electron chi connectivity index (χ0n) is 12.6. The van der Waals surface area contributed by atoms with Gasteiger partial charge in [0.05, 0.1) is 17.1 Å². The molecule has 120 valence electrons. The van der Waals surface area contributed by atoms with Crippen LogP contribution in [0.1, 0.15) is 22.5 Å². The van der Waals surface area contributed by atoms with E-state index in [1.807, 2.05) is 19.1 Å². The first-order valence-electron chi connectivity index (χ1n) is 7.37. The summed E-state index contributed by atoms with van der Waals surface area (Å²) in [6, 6.07) is 9.38. The Morgan fingerprint density at radius 2 is 2.22 bits per heavy atom. The highest BCUT2D eigenvalue weighted by Crippen LogP contribution is 2.23. The van der Waals surface area contributed by atoms with E-state index in [1.165, 1.54) is 12.1 Å². The highest BCUT2D eigenvalue weighted by molar-refractivity contribution is 6.33. The summed E-state index contributed by atoms with van der Waals surface area (Å²) in [4.78, 5) is 18.4. The molecule has 1 aromatic carbocycles. The van der Waals surface area contributed by atoms with E-state index >= 15 is 0 Å². The number of likely N-dealkylation sites (tertiary alicyclic amines) is 1. The minimum atomic E-state index is -0.459. The van der Waals surface area contributed by atoms with Crippen molar-refractivity contribution < 1.29 is 13.9 Å². The number of carbonyl (C=O) groups excluding carboxylic acids is 1. The van der Waals surface area contributed by atoms with Crippen LogP contribution in [-0.2, 0) is 0 Å². The van der Waals surface area contributed by atoms with Gasteiger partial charge in [-0.25, -0.2) is 9.37 Å². The van der Waals surface area contributed by atoms with Gasteiger partial charge in [-0.15, -0.1) is 0 Å². The van der Waals surface area contributed by atoms with Crippen LogP contribution in [0.2, 0.25) is 5.02 Å². The third kappa shape index (κ3) is 3.62. The van der Waals surface area contributed by atoms with Crippen molar-refractivity contribution >= 4 is 17.5 Å². The number of rotatable bonds is 3. The first-order chi connectivity index (χ1) is 11.0. The fourth-order valence-electron chi connectivity index (χ4n) is 2.60. The highest BCUT2D eigenvalue weighted by Gasteiger charge is 2.29. The van der Waals surface area contributed by atoms with Crippen molar-refractivity contribution in [1.82, 2.24) is 9.88 Å². The summed E-state index contributed by atoms with van der Waals surface area (Å²) in [6.45, 7) is 2.93. The number of halogens is 2. The van der Waals surface area contributed by atoms with Crippen LogP contribution in [-0.4, -0.2) is 35.0 Å². The van der Waals surface area contributed by atoms with Crippen LogP contribution in [0.3, 0.4) is 0 Å². The molecule has 1 unspecified atom stereocenters. The fraction of sp³-hybridized carbons (Fsp3) is 0.294. The molecule has 1 fully saturated rings. The summed E-state index contributed by atoms with van der Waals surface area (Å²) in [5, 5.41) is 0.125. The standard InChI is InChI=1S/C17H16ClFN2O2/c1-11-3-2-4-16(20-11)23-13-7-8-21(10-13)17(22)14-6-5-12(19)9-15(14)18/h2-6,9,13H,7-8,10H2,1H3. The van der Waals surface area contributed by atoms with Gasteiger partial charge in [0.1, 0.15) is 11.9 Å². The molecule has 1 atom stereocenters. The van der Waals surface area contributed by atoms with Crippen LogP contribution in [0.5, 0.6) is 5.88 Å². The molecule has 1 aromatic heterocycles. The van der Waals surface area contributed by atoms with Gasteiger partial charge >= 0.3 is 0 Å². The number of ether oxygens (including phenoxy) is 1. The Morgan fingerprint density at radius 1 is 1.39 bits per heavy atom. The molecular formula is C17H16ClFN2O2.